The average molecular weight is 255 g/mol. The van der Waals surface area contributed by atoms with Gasteiger partial charge in [-0.05, 0) is 17.8 Å². The molecule has 1 aliphatic heterocycles. The van der Waals surface area contributed by atoms with Gasteiger partial charge in [0.1, 0.15) is 0 Å². The van der Waals surface area contributed by atoms with E-state index in [4.69, 9.17) is 0 Å². The molecule has 1 atom stereocenters. The first-order chi connectivity index (χ1) is 7.73. The minimum Gasteiger partial charge on any atom is -0.338 e. The zero-order valence-electron chi connectivity index (χ0n) is 11.7. The van der Waals surface area contributed by atoms with Gasteiger partial charge in [-0.2, -0.15) is 12.6 Å². The van der Waals surface area contributed by atoms with Crippen LogP contribution in [-0.2, 0) is 4.79 Å². The lowest BCUT2D eigenvalue weighted by Gasteiger charge is -2.33. The van der Waals surface area contributed by atoms with E-state index in [0.29, 0.717) is 5.92 Å². The Morgan fingerprint density at radius 2 is 2.00 bits per heavy atom. The number of nitrogens with zero attached hydrogens (tertiary/aromatic N) is 1. The third-order valence-electron chi connectivity index (χ3n) is 3.37. The van der Waals surface area contributed by atoms with Crippen molar-refractivity contribution in [3.8, 4) is 0 Å². The van der Waals surface area contributed by atoms with Crippen LogP contribution in [0.25, 0.3) is 0 Å². The van der Waals surface area contributed by atoms with E-state index in [9.17, 15) is 4.79 Å². The standard InChI is InChI=1S/C14H25NOS/c1-10(2)12(17)13(16)15-8-6-11(7-9-15)14(3,4)5/h6,10,12,17H,7-9H2,1-5H3. The summed E-state index contributed by atoms with van der Waals surface area (Å²) in [6.07, 6.45) is 3.20. The van der Waals surface area contributed by atoms with E-state index < -0.39 is 0 Å². The van der Waals surface area contributed by atoms with Crippen molar-refractivity contribution in [1.29, 1.82) is 0 Å². The number of hydrogen-bond acceptors (Lipinski definition) is 2. The van der Waals surface area contributed by atoms with E-state index in [-0.39, 0.29) is 16.6 Å². The van der Waals surface area contributed by atoms with E-state index in [2.05, 4.69) is 39.5 Å². The molecule has 0 N–H and O–H groups in total. The summed E-state index contributed by atoms with van der Waals surface area (Å²) in [6, 6.07) is 0. The van der Waals surface area contributed by atoms with Crippen molar-refractivity contribution in [2.24, 2.45) is 11.3 Å². The van der Waals surface area contributed by atoms with Crippen molar-refractivity contribution in [1.82, 2.24) is 4.90 Å². The number of rotatable bonds is 2. The van der Waals surface area contributed by atoms with Gasteiger partial charge < -0.3 is 4.90 Å². The summed E-state index contributed by atoms with van der Waals surface area (Å²) in [5.41, 5.74) is 1.69. The van der Waals surface area contributed by atoms with Gasteiger partial charge >= 0.3 is 0 Å². The first-order valence-electron chi connectivity index (χ1n) is 6.40. The third kappa shape index (κ3) is 3.77. The second-order valence-electron chi connectivity index (χ2n) is 6.20. The maximum absolute atomic E-state index is 12.1. The van der Waals surface area contributed by atoms with Crippen molar-refractivity contribution in [2.75, 3.05) is 13.1 Å². The smallest absolute Gasteiger partial charge is 0.235 e. The van der Waals surface area contributed by atoms with Crippen LogP contribution in [0.2, 0.25) is 0 Å². The second kappa shape index (κ2) is 5.47. The maximum atomic E-state index is 12.1. The molecule has 1 aliphatic rings. The lowest BCUT2D eigenvalue weighted by molar-refractivity contribution is -0.131. The summed E-state index contributed by atoms with van der Waals surface area (Å²) in [7, 11) is 0. The van der Waals surface area contributed by atoms with E-state index in [1.54, 1.807) is 0 Å². The Balaban J connectivity index is 2.64. The normalized spacial score (nSPS) is 19.2. The summed E-state index contributed by atoms with van der Waals surface area (Å²) in [5, 5.41) is -0.167. The molecule has 17 heavy (non-hydrogen) atoms. The molecule has 0 radical (unpaired) electrons. The largest absolute Gasteiger partial charge is 0.338 e. The van der Waals surface area contributed by atoms with Crippen molar-refractivity contribution in [2.45, 2.75) is 46.3 Å². The lowest BCUT2D eigenvalue weighted by atomic mass is 9.83. The number of carbonyl (C=O) groups excluding carboxylic acids is 1. The molecule has 2 nitrogen and oxygen atoms in total. The Morgan fingerprint density at radius 1 is 1.41 bits per heavy atom. The molecule has 1 rings (SSSR count). The van der Waals surface area contributed by atoms with Gasteiger partial charge in [-0.15, -0.1) is 0 Å². The summed E-state index contributed by atoms with van der Waals surface area (Å²) >= 11 is 4.40. The summed E-state index contributed by atoms with van der Waals surface area (Å²) in [6.45, 7) is 12.3. The van der Waals surface area contributed by atoms with Gasteiger partial charge in [0.05, 0.1) is 5.25 Å². The van der Waals surface area contributed by atoms with Crippen LogP contribution in [0.1, 0.15) is 41.0 Å². The number of hydrogen-bond donors (Lipinski definition) is 1. The minimum absolute atomic E-state index is 0.167. The predicted octanol–water partition coefficient (Wildman–Crippen LogP) is 3.15. The third-order valence-corrected chi connectivity index (χ3v) is 4.19. The lowest BCUT2D eigenvalue weighted by Crippen LogP contribution is -2.42. The van der Waals surface area contributed by atoms with Crippen LogP contribution >= 0.6 is 12.6 Å². The van der Waals surface area contributed by atoms with Crippen molar-refractivity contribution >= 4 is 18.5 Å². The van der Waals surface area contributed by atoms with Crippen molar-refractivity contribution in [3.05, 3.63) is 11.6 Å². The molecule has 1 unspecified atom stereocenters. The highest BCUT2D eigenvalue weighted by molar-refractivity contribution is 7.81. The molecule has 0 bridgehead atoms. The van der Waals surface area contributed by atoms with Crippen LogP contribution in [0.15, 0.2) is 11.6 Å². The second-order valence-corrected chi connectivity index (χ2v) is 6.76. The Kier molecular flexibility index (Phi) is 4.70. The zero-order chi connectivity index (χ0) is 13.2. The van der Waals surface area contributed by atoms with Gasteiger partial charge in [0.25, 0.3) is 0 Å². The summed E-state index contributed by atoms with van der Waals surface area (Å²) < 4.78 is 0. The van der Waals surface area contributed by atoms with Crippen LogP contribution in [0.4, 0.5) is 0 Å². The summed E-state index contributed by atoms with van der Waals surface area (Å²) in [5.74, 6) is 0.464. The fraction of sp³-hybridized carbons (Fsp3) is 0.786. The van der Waals surface area contributed by atoms with Crippen molar-refractivity contribution < 1.29 is 4.79 Å². The van der Waals surface area contributed by atoms with Crippen LogP contribution in [0.5, 0.6) is 0 Å². The molecule has 3 heteroatoms. The van der Waals surface area contributed by atoms with Gasteiger partial charge in [-0.25, -0.2) is 0 Å². The molecule has 98 valence electrons. The van der Waals surface area contributed by atoms with E-state index in [1.807, 2.05) is 18.7 Å². The highest BCUT2D eigenvalue weighted by atomic mass is 32.1. The number of thiol groups is 1. The molecular weight excluding hydrogens is 230 g/mol. The van der Waals surface area contributed by atoms with Crippen LogP contribution in [0, 0.1) is 11.3 Å². The topological polar surface area (TPSA) is 20.3 Å². The highest BCUT2D eigenvalue weighted by Crippen LogP contribution is 2.30. The highest BCUT2D eigenvalue weighted by Gasteiger charge is 2.27. The molecule has 0 aromatic rings. The predicted molar refractivity (Wildman–Crippen MR) is 76.3 cm³/mol. The van der Waals surface area contributed by atoms with E-state index in [0.717, 1.165) is 19.5 Å². The molecule has 0 saturated carbocycles. The molecule has 0 aliphatic carbocycles. The Bertz CT molecular complexity index is 315. The number of carbonyl (C=O) groups is 1. The molecule has 1 heterocycles. The molecule has 0 aromatic heterocycles. The van der Waals surface area contributed by atoms with Crippen LogP contribution in [-0.4, -0.2) is 29.1 Å². The molecule has 0 spiro atoms. The Morgan fingerprint density at radius 3 is 2.35 bits per heavy atom. The molecule has 1 amide bonds. The monoisotopic (exact) mass is 255 g/mol. The quantitative estimate of drug-likeness (QED) is 0.594. The SMILES string of the molecule is CC(C)C(S)C(=O)N1CC=C(C(C)(C)C)CC1. The number of amides is 1. The summed E-state index contributed by atoms with van der Waals surface area (Å²) in [4.78, 5) is 14.0. The Hall–Kier alpha value is -0.440. The van der Waals surface area contributed by atoms with Crippen molar-refractivity contribution in [3.63, 3.8) is 0 Å². The van der Waals surface area contributed by atoms with E-state index >= 15 is 0 Å². The minimum atomic E-state index is -0.167. The molecule has 0 saturated heterocycles. The zero-order valence-corrected chi connectivity index (χ0v) is 12.6. The van der Waals surface area contributed by atoms with Gasteiger partial charge in [0.2, 0.25) is 5.91 Å². The first kappa shape index (κ1) is 14.6. The molecular formula is C14H25NOS. The van der Waals surface area contributed by atoms with Gasteiger partial charge in [-0.3, -0.25) is 4.79 Å². The fourth-order valence-corrected chi connectivity index (χ4v) is 2.19. The van der Waals surface area contributed by atoms with Gasteiger partial charge in [0.15, 0.2) is 0 Å². The van der Waals surface area contributed by atoms with E-state index in [1.165, 1.54) is 5.57 Å². The first-order valence-corrected chi connectivity index (χ1v) is 6.91. The molecule has 0 aromatic carbocycles. The Labute approximate surface area is 111 Å². The maximum Gasteiger partial charge on any atom is 0.235 e. The van der Waals surface area contributed by atoms with Crippen LogP contribution < -0.4 is 0 Å². The van der Waals surface area contributed by atoms with Crippen LogP contribution in [0.3, 0.4) is 0 Å². The van der Waals surface area contributed by atoms with Gasteiger partial charge in [0, 0.05) is 13.1 Å². The fourth-order valence-electron chi connectivity index (χ4n) is 2.02. The molecule has 0 fully saturated rings. The van der Waals surface area contributed by atoms with Gasteiger partial charge in [-0.1, -0.05) is 46.3 Å². The average Bonchev–Trinajstić information content (AvgIpc) is 2.26.